The first-order chi connectivity index (χ1) is 9.38. The number of halogens is 2. The third-order valence-corrected chi connectivity index (χ3v) is 4.17. The van der Waals surface area contributed by atoms with E-state index in [4.69, 9.17) is 11.6 Å². The van der Waals surface area contributed by atoms with Crippen LogP contribution in [0.3, 0.4) is 0 Å². The molecule has 8 heteroatoms. The Kier molecular flexibility index (Phi) is 4.32. The van der Waals surface area contributed by atoms with Gasteiger partial charge in [-0.3, -0.25) is 9.97 Å². The van der Waals surface area contributed by atoms with Gasteiger partial charge in [0.2, 0.25) is 10.0 Å². The molecule has 2 rings (SSSR count). The van der Waals surface area contributed by atoms with Gasteiger partial charge in [0.05, 0.1) is 34.0 Å². The third kappa shape index (κ3) is 3.50. The molecule has 0 saturated heterocycles. The second kappa shape index (κ2) is 5.82. The summed E-state index contributed by atoms with van der Waals surface area (Å²) in [7, 11) is -3.78. The number of nitrogens with zero attached hydrogens (tertiary/aromatic N) is 2. The highest BCUT2D eigenvalue weighted by Crippen LogP contribution is 2.19. The Balaban J connectivity index is 2.14. The molecule has 2 aromatic rings. The van der Waals surface area contributed by atoms with Crippen molar-refractivity contribution in [2.45, 2.75) is 18.4 Å². The lowest BCUT2D eigenvalue weighted by Gasteiger charge is -2.07. The van der Waals surface area contributed by atoms with Crippen molar-refractivity contribution >= 4 is 21.6 Å². The first-order valence-electron chi connectivity index (χ1n) is 5.61. The SMILES string of the molecule is Cc1cnc(CNS(=O)(=O)c2ccc(F)c(Cl)c2)cn1. The van der Waals surface area contributed by atoms with Crippen LogP contribution in [-0.2, 0) is 16.6 Å². The fraction of sp³-hybridized carbons (Fsp3) is 0.167. The van der Waals surface area contributed by atoms with Crippen LogP contribution in [0.5, 0.6) is 0 Å². The summed E-state index contributed by atoms with van der Waals surface area (Å²) in [5, 5.41) is -0.247. The molecule has 5 nitrogen and oxygen atoms in total. The number of nitrogens with one attached hydrogen (secondary N) is 1. The fourth-order valence-electron chi connectivity index (χ4n) is 1.41. The summed E-state index contributed by atoms with van der Waals surface area (Å²) in [5.41, 5.74) is 1.22. The number of hydrogen-bond acceptors (Lipinski definition) is 4. The number of rotatable bonds is 4. The van der Waals surface area contributed by atoms with Crippen molar-refractivity contribution < 1.29 is 12.8 Å². The van der Waals surface area contributed by atoms with Crippen LogP contribution < -0.4 is 4.72 Å². The summed E-state index contributed by atoms with van der Waals surface area (Å²) in [6, 6.07) is 3.20. The first kappa shape index (κ1) is 14.8. The average Bonchev–Trinajstić information content (AvgIpc) is 2.41. The normalized spacial score (nSPS) is 11.6. The number of aryl methyl sites for hydroxylation is 1. The van der Waals surface area contributed by atoms with E-state index in [1.807, 2.05) is 0 Å². The van der Waals surface area contributed by atoms with Crippen molar-refractivity contribution in [3.63, 3.8) is 0 Å². The van der Waals surface area contributed by atoms with E-state index in [2.05, 4.69) is 14.7 Å². The van der Waals surface area contributed by atoms with Gasteiger partial charge in [-0.25, -0.2) is 17.5 Å². The van der Waals surface area contributed by atoms with E-state index < -0.39 is 15.8 Å². The topological polar surface area (TPSA) is 72.0 Å². The Bertz CT molecular complexity index is 720. The molecule has 0 bridgehead atoms. The molecule has 1 aromatic heterocycles. The molecule has 0 aliphatic rings. The van der Waals surface area contributed by atoms with Crippen LogP contribution in [0.25, 0.3) is 0 Å². The van der Waals surface area contributed by atoms with E-state index in [1.165, 1.54) is 6.20 Å². The Morgan fingerprint density at radius 1 is 1.30 bits per heavy atom. The van der Waals surface area contributed by atoms with Crippen molar-refractivity contribution in [2.75, 3.05) is 0 Å². The molecule has 1 aromatic carbocycles. The predicted molar refractivity (Wildman–Crippen MR) is 72.2 cm³/mol. The Hall–Kier alpha value is -1.57. The highest BCUT2D eigenvalue weighted by Gasteiger charge is 2.15. The van der Waals surface area contributed by atoms with E-state index in [-0.39, 0.29) is 16.5 Å². The highest BCUT2D eigenvalue weighted by atomic mass is 35.5. The lowest BCUT2D eigenvalue weighted by Crippen LogP contribution is -2.23. The molecule has 0 aliphatic carbocycles. The third-order valence-electron chi connectivity index (χ3n) is 2.48. The Morgan fingerprint density at radius 2 is 2.05 bits per heavy atom. The van der Waals surface area contributed by atoms with Gasteiger partial charge in [-0.15, -0.1) is 0 Å². The summed E-state index contributed by atoms with van der Waals surface area (Å²) in [6.07, 6.45) is 3.02. The smallest absolute Gasteiger partial charge is 0.240 e. The zero-order valence-electron chi connectivity index (χ0n) is 10.5. The minimum atomic E-state index is -3.78. The van der Waals surface area contributed by atoms with E-state index in [9.17, 15) is 12.8 Å². The average molecular weight is 316 g/mol. The second-order valence-corrected chi connectivity index (χ2v) is 6.22. The van der Waals surface area contributed by atoms with Gasteiger partial charge in [0, 0.05) is 6.20 Å². The van der Waals surface area contributed by atoms with E-state index in [0.717, 1.165) is 23.9 Å². The molecule has 1 heterocycles. The van der Waals surface area contributed by atoms with Crippen LogP contribution in [0.4, 0.5) is 4.39 Å². The first-order valence-corrected chi connectivity index (χ1v) is 7.47. The van der Waals surface area contributed by atoms with Crippen molar-refractivity contribution in [3.8, 4) is 0 Å². The molecule has 0 unspecified atom stereocenters. The van der Waals surface area contributed by atoms with Crippen molar-refractivity contribution in [1.82, 2.24) is 14.7 Å². The summed E-state index contributed by atoms with van der Waals surface area (Å²) in [6.45, 7) is 1.77. The van der Waals surface area contributed by atoms with Gasteiger partial charge in [0.1, 0.15) is 5.82 Å². The van der Waals surface area contributed by atoms with Crippen LogP contribution in [0.1, 0.15) is 11.4 Å². The maximum absolute atomic E-state index is 13.0. The molecule has 0 amide bonds. The molecule has 0 radical (unpaired) electrons. The zero-order valence-corrected chi connectivity index (χ0v) is 12.0. The van der Waals surface area contributed by atoms with Gasteiger partial charge in [-0.2, -0.15) is 0 Å². The molecule has 0 spiro atoms. The minimum Gasteiger partial charge on any atom is -0.258 e. The number of sulfonamides is 1. The molecule has 0 fully saturated rings. The van der Waals surface area contributed by atoms with Gasteiger partial charge < -0.3 is 0 Å². The van der Waals surface area contributed by atoms with Crippen molar-refractivity contribution in [1.29, 1.82) is 0 Å². The monoisotopic (exact) mass is 315 g/mol. The van der Waals surface area contributed by atoms with E-state index in [0.29, 0.717) is 5.69 Å². The largest absolute Gasteiger partial charge is 0.258 e. The van der Waals surface area contributed by atoms with E-state index >= 15 is 0 Å². The summed E-state index contributed by atoms with van der Waals surface area (Å²) >= 11 is 5.56. The molecule has 0 atom stereocenters. The number of hydrogen-bond donors (Lipinski definition) is 1. The van der Waals surface area contributed by atoms with Crippen molar-refractivity contribution in [3.05, 3.63) is 52.8 Å². The maximum atomic E-state index is 13.0. The lowest BCUT2D eigenvalue weighted by molar-refractivity contribution is 0.579. The van der Waals surface area contributed by atoms with Crippen molar-refractivity contribution in [2.24, 2.45) is 0 Å². The van der Waals surface area contributed by atoms with Crippen LogP contribution >= 0.6 is 11.6 Å². The van der Waals surface area contributed by atoms with Gasteiger partial charge in [0.25, 0.3) is 0 Å². The number of benzene rings is 1. The minimum absolute atomic E-state index is 0.00932. The van der Waals surface area contributed by atoms with Gasteiger partial charge >= 0.3 is 0 Å². The van der Waals surface area contributed by atoms with Crippen LogP contribution in [0.2, 0.25) is 5.02 Å². The quantitative estimate of drug-likeness (QED) is 0.937. The molecule has 1 N–H and O–H groups in total. The maximum Gasteiger partial charge on any atom is 0.240 e. The van der Waals surface area contributed by atoms with Gasteiger partial charge in [0.15, 0.2) is 0 Å². The molecule has 20 heavy (non-hydrogen) atoms. The summed E-state index contributed by atoms with van der Waals surface area (Å²) in [4.78, 5) is 7.93. The molecule has 0 saturated carbocycles. The van der Waals surface area contributed by atoms with E-state index in [1.54, 1.807) is 13.1 Å². The number of aromatic nitrogens is 2. The van der Waals surface area contributed by atoms with Gasteiger partial charge in [-0.1, -0.05) is 11.6 Å². The van der Waals surface area contributed by atoms with Crippen LogP contribution in [0.15, 0.2) is 35.5 Å². The standard InChI is InChI=1S/C12H11ClFN3O2S/c1-8-5-16-9(6-15-8)7-17-20(18,19)10-2-3-12(14)11(13)4-10/h2-6,17H,7H2,1H3. The zero-order chi connectivity index (χ0) is 14.8. The summed E-state index contributed by atoms with van der Waals surface area (Å²) in [5.74, 6) is -0.671. The fourth-order valence-corrected chi connectivity index (χ4v) is 2.68. The Labute approximate surface area is 120 Å². The lowest BCUT2D eigenvalue weighted by atomic mass is 10.3. The Morgan fingerprint density at radius 3 is 2.65 bits per heavy atom. The molecular weight excluding hydrogens is 305 g/mol. The predicted octanol–water partition coefficient (Wildman–Crippen LogP) is 2.06. The molecular formula is C12H11ClFN3O2S. The summed E-state index contributed by atoms with van der Waals surface area (Å²) < 4.78 is 39.3. The second-order valence-electron chi connectivity index (χ2n) is 4.05. The van der Waals surface area contributed by atoms with Crippen LogP contribution in [0, 0.1) is 12.7 Å². The van der Waals surface area contributed by atoms with Crippen LogP contribution in [-0.4, -0.2) is 18.4 Å². The van der Waals surface area contributed by atoms with Gasteiger partial charge in [-0.05, 0) is 25.1 Å². The molecule has 106 valence electrons. The highest BCUT2D eigenvalue weighted by molar-refractivity contribution is 7.89. The molecule has 0 aliphatic heterocycles.